The molecule has 1 heterocycles. The lowest BCUT2D eigenvalue weighted by Gasteiger charge is -2.16. The molecule has 6 nitrogen and oxygen atoms in total. The topological polar surface area (TPSA) is 90.7 Å². The van der Waals surface area contributed by atoms with Gasteiger partial charge in [0.25, 0.3) is 0 Å². The third-order valence-corrected chi connectivity index (χ3v) is 4.18. The average molecular weight is 384 g/mol. The Kier molecular flexibility index (Phi) is 7.41. The van der Waals surface area contributed by atoms with Gasteiger partial charge >= 0.3 is 5.97 Å². The van der Waals surface area contributed by atoms with Crippen LogP contribution >= 0.6 is 35.6 Å². The molecule has 2 atom stereocenters. The molecule has 1 aromatic carbocycles. The standard InChI is InChI=1S/C14H16Cl2N2O4.ClH/c1-21-11(19)5-4-9(17)14(20)18-10-6-22-13-7(10)2-3-8(15)12(13)16;/h2-3,9-10H,4-6,17H2,1H3,(H,18,20);1H. The molecule has 1 aromatic rings. The molecule has 0 aliphatic carbocycles. The fourth-order valence-electron chi connectivity index (χ4n) is 2.13. The summed E-state index contributed by atoms with van der Waals surface area (Å²) in [5.74, 6) is -0.293. The molecule has 0 fully saturated rings. The molecule has 3 N–H and O–H groups in total. The van der Waals surface area contributed by atoms with Crippen LogP contribution in [0, 0.1) is 0 Å². The van der Waals surface area contributed by atoms with Crippen molar-refractivity contribution in [2.45, 2.75) is 24.9 Å². The maximum Gasteiger partial charge on any atom is 0.305 e. The maximum absolute atomic E-state index is 12.1. The van der Waals surface area contributed by atoms with E-state index in [9.17, 15) is 9.59 Å². The first-order chi connectivity index (χ1) is 10.4. The summed E-state index contributed by atoms with van der Waals surface area (Å²) < 4.78 is 9.98. The lowest BCUT2D eigenvalue weighted by atomic mass is 10.1. The van der Waals surface area contributed by atoms with Crippen LogP contribution in [0.3, 0.4) is 0 Å². The number of nitrogens with one attached hydrogen (secondary N) is 1. The molecule has 9 heteroatoms. The molecule has 2 unspecified atom stereocenters. The largest absolute Gasteiger partial charge is 0.489 e. The van der Waals surface area contributed by atoms with Gasteiger partial charge in [0.1, 0.15) is 17.4 Å². The Morgan fingerprint density at radius 2 is 2.17 bits per heavy atom. The van der Waals surface area contributed by atoms with Gasteiger partial charge in [-0.25, -0.2) is 0 Å². The summed E-state index contributed by atoms with van der Waals surface area (Å²) in [5.41, 5.74) is 6.52. The third-order valence-electron chi connectivity index (χ3n) is 3.39. The number of hydrogen-bond acceptors (Lipinski definition) is 5. The molecule has 0 spiro atoms. The Bertz CT molecular complexity index is 598. The lowest BCUT2D eigenvalue weighted by Crippen LogP contribution is -2.42. The first-order valence-electron chi connectivity index (χ1n) is 6.67. The highest BCUT2D eigenvalue weighted by molar-refractivity contribution is 6.43. The Labute approximate surface area is 150 Å². The van der Waals surface area contributed by atoms with Gasteiger partial charge in [0.15, 0.2) is 0 Å². The van der Waals surface area contributed by atoms with Crippen LogP contribution in [0.25, 0.3) is 0 Å². The second kappa shape index (κ2) is 8.59. The van der Waals surface area contributed by atoms with Crippen LogP contribution < -0.4 is 15.8 Å². The monoisotopic (exact) mass is 382 g/mol. The van der Waals surface area contributed by atoms with E-state index in [-0.39, 0.29) is 43.8 Å². The number of nitrogens with two attached hydrogens (primary N) is 1. The lowest BCUT2D eigenvalue weighted by molar-refractivity contribution is -0.140. The van der Waals surface area contributed by atoms with Crippen LogP contribution in [0.2, 0.25) is 10.0 Å². The predicted octanol–water partition coefficient (Wildman–Crippen LogP) is 2.25. The molecule has 0 saturated carbocycles. The zero-order valence-electron chi connectivity index (χ0n) is 12.3. The number of carbonyl (C=O) groups excluding carboxylic acids is 2. The summed E-state index contributed by atoms with van der Waals surface area (Å²) in [6, 6.07) is 2.25. The minimum atomic E-state index is -0.800. The van der Waals surface area contributed by atoms with Gasteiger partial charge in [-0.15, -0.1) is 12.4 Å². The number of esters is 1. The minimum absolute atomic E-state index is 0. The summed E-state index contributed by atoms with van der Waals surface area (Å²) in [6.45, 7) is 0.255. The van der Waals surface area contributed by atoms with Gasteiger partial charge in [-0.2, -0.15) is 0 Å². The number of ether oxygens (including phenoxy) is 2. The SMILES string of the molecule is COC(=O)CCC(N)C(=O)NC1COc2c1ccc(Cl)c2Cl.Cl. The Morgan fingerprint density at radius 1 is 1.48 bits per heavy atom. The quantitative estimate of drug-likeness (QED) is 0.761. The maximum atomic E-state index is 12.1. The van der Waals surface area contributed by atoms with Crippen molar-refractivity contribution in [1.82, 2.24) is 5.32 Å². The summed E-state index contributed by atoms with van der Waals surface area (Å²) in [7, 11) is 1.29. The fourth-order valence-corrected chi connectivity index (χ4v) is 2.50. The first kappa shape index (κ1) is 19.8. The summed E-state index contributed by atoms with van der Waals surface area (Å²) in [6.07, 6.45) is 0.296. The molecule has 2 rings (SSSR count). The third kappa shape index (κ3) is 4.64. The molecule has 0 bridgehead atoms. The number of rotatable bonds is 5. The molecule has 23 heavy (non-hydrogen) atoms. The van der Waals surface area contributed by atoms with Crippen LogP contribution in [-0.2, 0) is 14.3 Å². The first-order valence-corrected chi connectivity index (χ1v) is 7.43. The van der Waals surface area contributed by atoms with E-state index >= 15 is 0 Å². The number of methoxy groups -OCH3 is 1. The predicted molar refractivity (Wildman–Crippen MR) is 89.3 cm³/mol. The van der Waals surface area contributed by atoms with E-state index in [0.29, 0.717) is 15.8 Å². The number of fused-ring (bicyclic) bond motifs is 1. The van der Waals surface area contributed by atoms with Crippen molar-refractivity contribution < 1.29 is 19.1 Å². The highest BCUT2D eigenvalue weighted by Crippen LogP contribution is 2.42. The van der Waals surface area contributed by atoms with Crippen LogP contribution in [0.4, 0.5) is 0 Å². The molecule has 1 aliphatic heterocycles. The van der Waals surface area contributed by atoms with Gasteiger partial charge in [-0.1, -0.05) is 29.3 Å². The van der Waals surface area contributed by atoms with Crippen molar-refractivity contribution in [2.75, 3.05) is 13.7 Å². The van der Waals surface area contributed by atoms with Crippen molar-refractivity contribution in [3.05, 3.63) is 27.7 Å². The smallest absolute Gasteiger partial charge is 0.305 e. The highest BCUT2D eigenvalue weighted by Gasteiger charge is 2.29. The molecule has 0 aromatic heterocycles. The van der Waals surface area contributed by atoms with E-state index in [2.05, 4.69) is 10.1 Å². The molecule has 1 amide bonds. The van der Waals surface area contributed by atoms with Crippen LogP contribution in [0.5, 0.6) is 5.75 Å². The van der Waals surface area contributed by atoms with Crippen molar-refractivity contribution in [3.63, 3.8) is 0 Å². The Morgan fingerprint density at radius 3 is 2.83 bits per heavy atom. The molecule has 1 aliphatic rings. The number of benzene rings is 1. The molecule has 0 saturated heterocycles. The minimum Gasteiger partial charge on any atom is -0.489 e. The van der Waals surface area contributed by atoms with Gasteiger partial charge in [0.05, 0.1) is 24.2 Å². The summed E-state index contributed by atoms with van der Waals surface area (Å²) in [4.78, 5) is 23.1. The average Bonchev–Trinajstić information content (AvgIpc) is 2.91. The van der Waals surface area contributed by atoms with Gasteiger partial charge in [0.2, 0.25) is 5.91 Å². The molecular weight excluding hydrogens is 367 g/mol. The highest BCUT2D eigenvalue weighted by atomic mass is 35.5. The van der Waals surface area contributed by atoms with E-state index in [0.717, 1.165) is 5.56 Å². The van der Waals surface area contributed by atoms with Crippen molar-refractivity contribution in [2.24, 2.45) is 5.73 Å². The van der Waals surface area contributed by atoms with E-state index in [1.165, 1.54) is 7.11 Å². The van der Waals surface area contributed by atoms with Gasteiger partial charge in [-0.05, 0) is 12.5 Å². The van der Waals surface area contributed by atoms with Crippen LogP contribution in [0.15, 0.2) is 12.1 Å². The van der Waals surface area contributed by atoms with Crippen molar-refractivity contribution in [1.29, 1.82) is 0 Å². The van der Waals surface area contributed by atoms with Crippen molar-refractivity contribution >= 4 is 47.5 Å². The van der Waals surface area contributed by atoms with E-state index in [1.54, 1.807) is 12.1 Å². The number of hydrogen-bond donors (Lipinski definition) is 2. The number of carbonyl (C=O) groups is 2. The second-order valence-electron chi connectivity index (χ2n) is 4.87. The zero-order chi connectivity index (χ0) is 16.3. The number of amides is 1. The van der Waals surface area contributed by atoms with Crippen LogP contribution in [-0.4, -0.2) is 31.6 Å². The second-order valence-corrected chi connectivity index (χ2v) is 5.66. The summed E-state index contributed by atoms with van der Waals surface area (Å²) in [5, 5.41) is 3.50. The normalized spacial score (nSPS) is 16.6. The summed E-state index contributed by atoms with van der Waals surface area (Å²) >= 11 is 12.0. The Hall–Kier alpha value is -1.21. The van der Waals surface area contributed by atoms with Gasteiger partial charge in [-0.3, -0.25) is 9.59 Å². The molecular formula is C14H17Cl3N2O4. The van der Waals surface area contributed by atoms with Crippen LogP contribution in [0.1, 0.15) is 24.4 Å². The molecule has 128 valence electrons. The van der Waals surface area contributed by atoms with E-state index in [4.69, 9.17) is 33.7 Å². The van der Waals surface area contributed by atoms with E-state index in [1.807, 2.05) is 0 Å². The van der Waals surface area contributed by atoms with Gasteiger partial charge in [0, 0.05) is 12.0 Å². The molecule has 0 radical (unpaired) electrons. The zero-order valence-corrected chi connectivity index (χ0v) is 14.6. The Balaban J connectivity index is 0.00000264. The number of halogens is 3. The van der Waals surface area contributed by atoms with Crippen molar-refractivity contribution in [3.8, 4) is 5.75 Å². The fraction of sp³-hybridized carbons (Fsp3) is 0.429. The van der Waals surface area contributed by atoms with Gasteiger partial charge < -0.3 is 20.5 Å². The van der Waals surface area contributed by atoms with E-state index < -0.39 is 12.0 Å².